The number of furan rings is 1. The molecule has 0 unspecified atom stereocenters. The molecule has 19 heavy (non-hydrogen) atoms. The molecule has 0 atom stereocenters. The Bertz CT molecular complexity index is 593. The van der Waals surface area contributed by atoms with Gasteiger partial charge in [0, 0.05) is 18.3 Å². The molecule has 0 bridgehead atoms. The maximum Gasteiger partial charge on any atom is 0.251 e. The van der Waals surface area contributed by atoms with Crippen molar-refractivity contribution in [1.29, 1.82) is 0 Å². The molecule has 1 aromatic heterocycles. The van der Waals surface area contributed by atoms with Crippen LogP contribution in [0.15, 0.2) is 34.7 Å². The Morgan fingerprint density at radius 3 is 2.74 bits per heavy atom. The van der Waals surface area contributed by atoms with Crippen LogP contribution < -0.4 is 10.6 Å². The summed E-state index contributed by atoms with van der Waals surface area (Å²) in [7, 11) is 1.63. The second-order valence-electron chi connectivity index (χ2n) is 4.17. The van der Waals surface area contributed by atoms with Crippen LogP contribution in [-0.4, -0.2) is 13.0 Å². The van der Waals surface area contributed by atoms with E-state index in [1.807, 2.05) is 37.3 Å². The monoisotopic (exact) mass is 370 g/mol. The van der Waals surface area contributed by atoms with Gasteiger partial charge in [-0.1, -0.05) is 6.07 Å². The smallest absolute Gasteiger partial charge is 0.251 e. The number of benzene rings is 1. The topological polar surface area (TPSA) is 54.3 Å². The first-order chi connectivity index (χ1) is 9.10. The van der Waals surface area contributed by atoms with Crippen LogP contribution in [0.2, 0.25) is 0 Å². The van der Waals surface area contributed by atoms with E-state index in [1.54, 1.807) is 7.05 Å². The summed E-state index contributed by atoms with van der Waals surface area (Å²) in [6.45, 7) is 2.60. The molecule has 0 fully saturated rings. The third-order valence-corrected chi connectivity index (χ3v) is 3.39. The largest absolute Gasteiger partial charge is 0.454 e. The van der Waals surface area contributed by atoms with Crippen molar-refractivity contribution >= 4 is 34.2 Å². The number of hydrogen-bond donors (Lipinski definition) is 2. The minimum absolute atomic E-state index is 0.0874. The van der Waals surface area contributed by atoms with Gasteiger partial charge in [0.05, 0.1) is 6.54 Å². The van der Waals surface area contributed by atoms with E-state index in [0.717, 1.165) is 20.8 Å². The van der Waals surface area contributed by atoms with Crippen LogP contribution in [0.3, 0.4) is 0 Å². The second-order valence-corrected chi connectivity index (χ2v) is 5.23. The number of halogens is 1. The van der Waals surface area contributed by atoms with E-state index in [0.29, 0.717) is 12.1 Å². The Balaban J connectivity index is 2.12. The molecule has 1 aromatic carbocycles. The van der Waals surface area contributed by atoms with Crippen molar-refractivity contribution in [3.05, 3.63) is 51.0 Å². The summed E-state index contributed by atoms with van der Waals surface area (Å²) in [5, 5.41) is 5.90. The lowest BCUT2D eigenvalue weighted by atomic mass is 10.1. The third kappa shape index (κ3) is 3.50. The number of carbonyl (C=O) groups is 1. The van der Waals surface area contributed by atoms with Gasteiger partial charge >= 0.3 is 0 Å². The molecule has 1 heterocycles. The summed E-state index contributed by atoms with van der Waals surface area (Å²) in [4.78, 5) is 11.6. The highest BCUT2D eigenvalue weighted by molar-refractivity contribution is 14.1. The summed E-state index contributed by atoms with van der Waals surface area (Å²) in [5.74, 6) is 0.782. The molecular formula is C14H15IN2O2. The number of carbonyl (C=O) groups excluding carboxylic acids is 1. The van der Waals surface area contributed by atoms with E-state index in [2.05, 4.69) is 33.2 Å². The molecule has 0 saturated heterocycles. The highest BCUT2D eigenvalue weighted by Gasteiger charge is 2.07. The summed E-state index contributed by atoms with van der Waals surface area (Å²) in [6.07, 6.45) is 0. The van der Waals surface area contributed by atoms with Gasteiger partial charge in [-0.25, -0.2) is 0 Å². The van der Waals surface area contributed by atoms with E-state index >= 15 is 0 Å². The molecule has 0 aliphatic carbocycles. The van der Waals surface area contributed by atoms with Crippen molar-refractivity contribution in [2.45, 2.75) is 13.5 Å². The maximum absolute atomic E-state index is 11.6. The van der Waals surface area contributed by atoms with Crippen molar-refractivity contribution in [3.63, 3.8) is 0 Å². The van der Waals surface area contributed by atoms with Gasteiger partial charge in [-0.2, -0.15) is 0 Å². The molecule has 0 saturated carbocycles. The van der Waals surface area contributed by atoms with Gasteiger partial charge in [0.25, 0.3) is 5.91 Å². The maximum atomic E-state index is 11.6. The molecule has 2 aromatic rings. The lowest BCUT2D eigenvalue weighted by Gasteiger charge is -2.10. The normalized spacial score (nSPS) is 10.3. The van der Waals surface area contributed by atoms with Crippen LogP contribution in [0.1, 0.15) is 21.7 Å². The summed E-state index contributed by atoms with van der Waals surface area (Å²) < 4.78 is 6.35. The van der Waals surface area contributed by atoms with Crippen LogP contribution >= 0.6 is 22.6 Å². The summed E-state index contributed by atoms with van der Waals surface area (Å²) in [5.41, 5.74) is 2.67. The quantitative estimate of drug-likeness (QED) is 0.813. The predicted octanol–water partition coefficient (Wildman–Crippen LogP) is 3.16. The van der Waals surface area contributed by atoms with Gasteiger partial charge < -0.3 is 15.1 Å². The van der Waals surface area contributed by atoms with Crippen molar-refractivity contribution in [2.24, 2.45) is 0 Å². The lowest BCUT2D eigenvalue weighted by Crippen LogP contribution is -2.18. The molecule has 100 valence electrons. The van der Waals surface area contributed by atoms with E-state index in [-0.39, 0.29) is 5.91 Å². The lowest BCUT2D eigenvalue weighted by molar-refractivity contribution is 0.0963. The van der Waals surface area contributed by atoms with Crippen LogP contribution in [0.5, 0.6) is 0 Å². The fraction of sp³-hybridized carbons (Fsp3) is 0.214. The molecule has 0 radical (unpaired) electrons. The standard InChI is InChI=1S/C14H15IN2O2/c1-9-3-4-10(14(18)16-2)7-12(9)17-8-11-5-6-13(15)19-11/h3-7,17H,8H2,1-2H3,(H,16,18). The van der Waals surface area contributed by atoms with Gasteiger partial charge in [-0.15, -0.1) is 0 Å². The Kier molecular flexibility index (Phi) is 4.47. The molecule has 0 spiro atoms. The zero-order valence-electron chi connectivity index (χ0n) is 10.8. The molecule has 4 nitrogen and oxygen atoms in total. The van der Waals surface area contributed by atoms with E-state index < -0.39 is 0 Å². The first kappa shape index (κ1) is 13.9. The minimum Gasteiger partial charge on any atom is -0.454 e. The Labute approximate surface area is 125 Å². The Morgan fingerprint density at radius 1 is 1.32 bits per heavy atom. The van der Waals surface area contributed by atoms with Crippen molar-refractivity contribution < 1.29 is 9.21 Å². The number of aryl methyl sites for hydroxylation is 1. The highest BCUT2D eigenvalue weighted by atomic mass is 127. The number of anilines is 1. The van der Waals surface area contributed by atoms with Gasteiger partial charge in [-0.05, 0) is 59.3 Å². The first-order valence-electron chi connectivity index (χ1n) is 5.91. The number of amides is 1. The Hall–Kier alpha value is -1.50. The Morgan fingerprint density at radius 2 is 2.11 bits per heavy atom. The molecule has 5 heteroatoms. The van der Waals surface area contributed by atoms with Gasteiger partial charge in [0.2, 0.25) is 0 Å². The van der Waals surface area contributed by atoms with Crippen LogP contribution in [0, 0.1) is 10.7 Å². The highest BCUT2D eigenvalue weighted by Crippen LogP contribution is 2.19. The zero-order valence-corrected chi connectivity index (χ0v) is 12.9. The minimum atomic E-state index is -0.0874. The average molecular weight is 370 g/mol. The SMILES string of the molecule is CNC(=O)c1ccc(C)c(NCc2ccc(I)o2)c1. The molecule has 2 rings (SSSR count). The predicted molar refractivity (Wildman–Crippen MR) is 83.3 cm³/mol. The number of nitrogens with one attached hydrogen (secondary N) is 2. The fourth-order valence-electron chi connectivity index (χ4n) is 1.73. The van der Waals surface area contributed by atoms with E-state index in [9.17, 15) is 4.79 Å². The number of hydrogen-bond acceptors (Lipinski definition) is 3. The second kappa shape index (κ2) is 6.10. The van der Waals surface area contributed by atoms with E-state index in [4.69, 9.17) is 4.42 Å². The van der Waals surface area contributed by atoms with Crippen molar-refractivity contribution in [3.8, 4) is 0 Å². The molecule has 0 aliphatic rings. The summed E-state index contributed by atoms with van der Waals surface area (Å²) in [6, 6.07) is 9.45. The van der Waals surface area contributed by atoms with E-state index in [1.165, 1.54) is 0 Å². The van der Waals surface area contributed by atoms with Crippen LogP contribution in [0.25, 0.3) is 0 Å². The summed E-state index contributed by atoms with van der Waals surface area (Å²) >= 11 is 2.13. The van der Waals surface area contributed by atoms with Crippen LogP contribution in [0.4, 0.5) is 5.69 Å². The fourth-order valence-corrected chi connectivity index (χ4v) is 2.19. The van der Waals surface area contributed by atoms with Gasteiger partial charge in [0.15, 0.2) is 3.77 Å². The molecular weight excluding hydrogens is 355 g/mol. The first-order valence-corrected chi connectivity index (χ1v) is 6.99. The molecule has 1 amide bonds. The number of rotatable bonds is 4. The zero-order chi connectivity index (χ0) is 13.8. The van der Waals surface area contributed by atoms with Crippen molar-refractivity contribution in [2.75, 3.05) is 12.4 Å². The van der Waals surface area contributed by atoms with Gasteiger partial charge in [0.1, 0.15) is 5.76 Å². The molecule has 2 N–H and O–H groups in total. The average Bonchev–Trinajstić information content (AvgIpc) is 2.82. The van der Waals surface area contributed by atoms with Crippen LogP contribution in [-0.2, 0) is 6.54 Å². The van der Waals surface area contributed by atoms with Crippen molar-refractivity contribution in [1.82, 2.24) is 5.32 Å². The van der Waals surface area contributed by atoms with Gasteiger partial charge in [-0.3, -0.25) is 4.79 Å². The molecule has 0 aliphatic heterocycles. The third-order valence-electron chi connectivity index (χ3n) is 2.81.